The summed E-state index contributed by atoms with van der Waals surface area (Å²) in [4.78, 5) is 22.1. The van der Waals surface area contributed by atoms with Crippen LogP contribution in [0.25, 0.3) is 0 Å². The maximum Gasteiger partial charge on any atom is 0.315 e. The lowest BCUT2D eigenvalue weighted by Crippen LogP contribution is -2.42. The van der Waals surface area contributed by atoms with Crippen LogP contribution < -0.4 is 10.6 Å². The average molecular weight is 298 g/mol. The zero-order chi connectivity index (χ0) is 15.5. The maximum atomic E-state index is 11.8. The molecule has 5 nitrogen and oxygen atoms in total. The van der Waals surface area contributed by atoms with Crippen LogP contribution in [0.5, 0.6) is 0 Å². The highest BCUT2D eigenvalue weighted by molar-refractivity contribution is 5.74. The maximum absolute atomic E-state index is 11.8. The second-order valence-corrected chi connectivity index (χ2v) is 6.27. The Morgan fingerprint density at radius 3 is 2.57 bits per heavy atom. The monoisotopic (exact) mass is 298 g/mol. The first kappa shape index (κ1) is 17.8. The molecule has 1 fully saturated rings. The summed E-state index contributed by atoms with van der Waals surface area (Å²) in [6.45, 7) is 2.95. The molecule has 2 unspecified atom stereocenters. The Morgan fingerprint density at radius 1 is 1.05 bits per heavy atom. The van der Waals surface area contributed by atoms with Crippen molar-refractivity contribution < 1.29 is 14.7 Å². The molecule has 0 aromatic carbocycles. The van der Waals surface area contributed by atoms with E-state index in [1.807, 2.05) is 0 Å². The minimum Gasteiger partial charge on any atom is -0.481 e. The summed E-state index contributed by atoms with van der Waals surface area (Å²) in [5.74, 6) is 0.0517. The standard InChI is InChI=1S/C16H30N2O3/c1-13-7-6-8-14(11-10-13)18-16(21)17-12-5-3-2-4-9-15(19)20/h13-14H,2-12H2,1H3,(H,19,20)(H2,17,18,21). The molecular weight excluding hydrogens is 268 g/mol. The second-order valence-electron chi connectivity index (χ2n) is 6.27. The number of hydrogen-bond acceptors (Lipinski definition) is 2. The second kappa shape index (κ2) is 10.5. The molecule has 1 rings (SSSR count). The van der Waals surface area contributed by atoms with E-state index in [9.17, 15) is 9.59 Å². The number of unbranched alkanes of at least 4 members (excludes halogenated alkanes) is 3. The van der Waals surface area contributed by atoms with Gasteiger partial charge in [0.2, 0.25) is 0 Å². The topological polar surface area (TPSA) is 78.4 Å². The lowest BCUT2D eigenvalue weighted by atomic mass is 10.0. The first-order chi connectivity index (χ1) is 10.1. The molecule has 0 heterocycles. The van der Waals surface area contributed by atoms with Gasteiger partial charge in [-0.15, -0.1) is 0 Å². The number of carbonyl (C=O) groups excluding carboxylic acids is 1. The van der Waals surface area contributed by atoms with Crippen LogP contribution in [0.15, 0.2) is 0 Å². The number of amides is 2. The number of nitrogens with one attached hydrogen (secondary N) is 2. The number of carbonyl (C=O) groups is 2. The van der Waals surface area contributed by atoms with Gasteiger partial charge < -0.3 is 15.7 Å². The van der Waals surface area contributed by atoms with Crippen molar-refractivity contribution >= 4 is 12.0 Å². The minimum absolute atomic E-state index is 0.0555. The van der Waals surface area contributed by atoms with Crippen LogP contribution >= 0.6 is 0 Å². The van der Waals surface area contributed by atoms with Gasteiger partial charge in [0, 0.05) is 19.0 Å². The highest BCUT2D eigenvalue weighted by atomic mass is 16.4. The van der Waals surface area contributed by atoms with Crippen molar-refractivity contribution in [3.63, 3.8) is 0 Å². The largest absolute Gasteiger partial charge is 0.481 e. The van der Waals surface area contributed by atoms with Crippen LogP contribution in [0, 0.1) is 5.92 Å². The molecule has 0 saturated heterocycles. The van der Waals surface area contributed by atoms with Crippen LogP contribution in [0.1, 0.15) is 71.1 Å². The van der Waals surface area contributed by atoms with Crippen molar-refractivity contribution in [3.05, 3.63) is 0 Å². The fourth-order valence-electron chi connectivity index (χ4n) is 2.82. The third-order valence-electron chi connectivity index (χ3n) is 4.20. The summed E-state index contributed by atoms with van der Waals surface area (Å²) in [5.41, 5.74) is 0. The Labute approximate surface area is 127 Å². The minimum atomic E-state index is -0.731. The summed E-state index contributed by atoms with van der Waals surface area (Å²) in [5, 5.41) is 14.5. The lowest BCUT2D eigenvalue weighted by molar-refractivity contribution is -0.137. The Kier molecular flexibility index (Phi) is 8.87. The van der Waals surface area contributed by atoms with Gasteiger partial charge in [0.05, 0.1) is 0 Å². The summed E-state index contributed by atoms with van der Waals surface area (Å²) < 4.78 is 0. The molecule has 122 valence electrons. The predicted octanol–water partition coefficient (Wildman–Crippen LogP) is 3.29. The highest BCUT2D eigenvalue weighted by Crippen LogP contribution is 2.22. The van der Waals surface area contributed by atoms with Crippen molar-refractivity contribution in [2.45, 2.75) is 77.2 Å². The molecule has 0 aromatic heterocycles. The van der Waals surface area contributed by atoms with Crippen LogP contribution in [0.3, 0.4) is 0 Å². The number of rotatable bonds is 8. The summed E-state index contributed by atoms with van der Waals surface area (Å²) in [7, 11) is 0. The zero-order valence-corrected chi connectivity index (χ0v) is 13.2. The molecule has 2 atom stereocenters. The van der Waals surface area contributed by atoms with Gasteiger partial charge in [0.15, 0.2) is 0 Å². The van der Waals surface area contributed by atoms with Gasteiger partial charge in [-0.2, -0.15) is 0 Å². The van der Waals surface area contributed by atoms with Gasteiger partial charge >= 0.3 is 12.0 Å². The normalized spacial score (nSPS) is 22.3. The van der Waals surface area contributed by atoms with Gasteiger partial charge in [-0.3, -0.25) is 4.79 Å². The fraction of sp³-hybridized carbons (Fsp3) is 0.875. The van der Waals surface area contributed by atoms with Crippen molar-refractivity contribution in [1.29, 1.82) is 0 Å². The van der Waals surface area contributed by atoms with Gasteiger partial charge in [-0.25, -0.2) is 4.79 Å². The van der Waals surface area contributed by atoms with E-state index in [-0.39, 0.29) is 12.5 Å². The Balaban J connectivity index is 1.99. The number of urea groups is 1. The molecule has 1 saturated carbocycles. The molecule has 1 aliphatic carbocycles. The molecule has 2 amide bonds. The van der Waals surface area contributed by atoms with E-state index in [2.05, 4.69) is 17.6 Å². The molecular formula is C16H30N2O3. The summed E-state index contributed by atoms with van der Waals surface area (Å²) in [6, 6.07) is 0.269. The highest BCUT2D eigenvalue weighted by Gasteiger charge is 2.17. The van der Waals surface area contributed by atoms with Gasteiger partial charge in [0.1, 0.15) is 0 Å². The molecule has 0 spiro atoms. The molecule has 0 aliphatic heterocycles. The Morgan fingerprint density at radius 2 is 1.81 bits per heavy atom. The van der Waals surface area contributed by atoms with E-state index in [1.165, 1.54) is 19.3 Å². The molecule has 21 heavy (non-hydrogen) atoms. The third-order valence-corrected chi connectivity index (χ3v) is 4.20. The van der Waals surface area contributed by atoms with Crippen molar-refractivity contribution in [3.8, 4) is 0 Å². The van der Waals surface area contributed by atoms with Gasteiger partial charge in [-0.1, -0.05) is 32.6 Å². The Hall–Kier alpha value is -1.26. The number of carboxylic acid groups (broad SMARTS) is 1. The van der Waals surface area contributed by atoms with Crippen LogP contribution in [-0.4, -0.2) is 29.7 Å². The quantitative estimate of drug-likeness (QED) is 0.475. The van der Waals surface area contributed by atoms with Crippen molar-refractivity contribution in [1.82, 2.24) is 10.6 Å². The summed E-state index contributed by atoms with van der Waals surface area (Å²) in [6.07, 6.45) is 9.62. The smallest absolute Gasteiger partial charge is 0.315 e. The molecule has 3 N–H and O–H groups in total. The molecule has 1 aliphatic rings. The van der Waals surface area contributed by atoms with Crippen LogP contribution in [0.4, 0.5) is 4.79 Å². The third kappa shape index (κ3) is 9.32. The molecule has 5 heteroatoms. The number of carboxylic acids is 1. The predicted molar refractivity (Wildman–Crippen MR) is 83.3 cm³/mol. The lowest BCUT2D eigenvalue weighted by Gasteiger charge is -2.17. The first-order valence-corrected chi connectivity index (χ1v) is 8.34. The van der Waals surface area contributed by atoms with E-state index in [1.54, 1.807) is 0 Å². The van der Waals surface area contributed by atoms with Crippen LogP contribution in [0.2, 0.25) is 0 Å². The van der Waals surface area contributed by atoms with E-state index in [4.69, 9.17) is 5.11 Å². The molecule has 0 bridgehead atoms. The van der Waals surface area contributed by atoms with E-state index in [0.717, 1.165) is 44.4 Å². The van der Waals surface area contributed by atoms with Crippen molar-refractivity contribution in [2.24, 2.45) is 5.92 Å². The number of aliphatic carboxylic acids is 1. The average Bonchev–Trinajstić information content (AvgIpc) is 2.62. The zero-order valence-electron chi connectivity index (χ0n) is 13.2. The Bertz CT molecular complexity index is 321. The van der Waals surface area contributed by atoms with Gasteiger partial charge in [0.25, 0.3) is 0 Å². The summed E-state index contributed by atoms with van der Waals surface area (Å²) >= 11 is 0. The van der Waals surface area contributed by atoms with E-state index in [0.29, 0.717) is 12.6 Å². The first-order valence-electron chi connectivity index (χ1n) is 8.34. The molecule has 0 radical (unpaired) electrons. The number of hydrogen-bond donors (Lipinski definition) is 3. The van der Waals surface area contributed by atoms with Crippen LogP contribution in [-0.2, 0) is 4.79 Å². The van der Waals surface area contributed by atoms with E-state index >= 15 is 0 Å². The fourth-order valence-corrected chi connectivity index (χ4v) is 2.82. The van der Waals surface area contributed by atoms with Gasteiger partial charge in [-0.05, 0) is 38.0 Å². The SMILES string of the molecule is CC1CCCC(NC(=O)NCCCCCCC(=O)O)CC1. The van der Waals surface area contributed by atoms with E-state index < -0.39 is 5.97 Å². The molecule has 0 aromatic rings. The van der Waals surface area contributed by atoms with Crippen molar-refractivity contribution in [2.75, 3.05) is 6.54 Å².